The van der Waals surface area contributed by atoms with Crippen LogP contribution in [0.25, 0.3) is 0 Å². The van der Waals surface area contributed by atoms with Crippen LogP contribution in [0.1, 0.15) is 11.6 Å². The molecule has 1 aromatic rings. The summed E-state index contributed by atoms with van der Waals surface area (Å²) in [7, 11) is 0. The van der Waals surface area contributed by atoms with Crippen molar-refractivity contribution in [3.8, 4) is 5.75 Å². The molecule has 0 aliphatic rings. The molecule has 0 heterocycles. The summed E-state index contributed by atoms with van der Waals surface area (Å²) in [6.45, 7) is 3.51. The third-order valence-corrected chi connectivity index (χ3v) is 2.19. The summed E-state index contributed by atoms with van der Waals surface area (Å²) in [6, 6.07) is 2.44. The van der Waals surface area contributed by atoms with Gasteiger partial charge in [-0.3, -0.25) is 0 Å². The van der Waals surface area contributed by atoms with Crippen molar-refractivity contribution >= 4 is 35.6 Å². The summed E-state index contributed by atoms with van der Waals surface area (Å²) in [6.07, 6.45) is 1.49. The van der Waals surface area contributed by atoms with E-state index in [1.165, 1.54) is 18.2 Å². The molecule has 0 radical (unpaired) electrons. The van der Waals surface area contributed by atoms with E-state index in [9.17, 15) is 5.11 Å². The predicted octanol–water partition coefficient (Wildman–Crippen LogP) is 3.31. The summed E-state index contributed by atoms with van der Waals surface area (Å²) in [5, 5.41) is 10.2. The monoisotopic (exact) mass is 253 g/mol. The van der Waals surface area contributed by atoms with Crippen molar-refractivity contribution < 1.29 is 5.11 Å². The first kappa shape index (κ1) is 13.6. The zero-order valence-electron chi connectivity index (χ0n) is 7.21. The third kappa shape index (κ3) is 2.79. The Hall–Kier alpha value is -0.410. The molecule has 1 aromatic carbocycles. The van der Waals surface area contributed by atoms with Gasteiger partial charge in [0.25, 0.3) is 0 Å². The highest BCUT2D eigenvalue weighted by molar-refractivity contribution is 6.35. The van der Waals surface area contributed by atoms with E-state index in [1.54, 1.807) is 0 Å². The Labute approximate surface area is 98.7 Å². The van der Waals surface area contributed by atoms with Crippen molar-refractivity contribution in [1.82, 2.24) is 0 Å². The number of benzene rings is 1. The normalized spacial score (nSPS) is 11.6. The topological polar surface area (TPSA) is 46.2 Å². The Kier molecular flexibility index (Phi) is 5.31. The first-order valence-electron chi connectivity index (χ1n) is 3.62. The Morgan fingerprint density at radius 2 is 2.00 bits per heavy atom. The van der Waals surface area contributed by atoms with Crippen molar-refractivity contribution in [1.29, 1.82) is 0 Å². The second kappa shape index (κ2) is 5.47. The Morgan fingerprint density at radius 1 is 1.43 bits per heavy atom. The van der Waals surface area contributed by atoms with E-state index in [2.05, 4.69) is 6.58 Å². The van der Waals surface area contributed by atoms with Gasteiger partial charge < -0.3 is 10.8 Å². The van der Waals surface area contributed by atoms with Gasteiger partial charge in [0.05, 0.1) is 11.1 Å². The highest BCUT2D eigenvalue weighted by Gasteiger charge is 2.12. The first-order chi connectivity index (χ1) is 6.06. The molecule has 0 amide bonds. The number of aromatic hydroxyl groups is 1. The van der Waals surface area contributed by atoms with Gasteiger partial charge in [-0.25, -0.2) is 0 Å². The molecule has 3 N–H and O–H groups in total. The van der Waals surface area contributed by atoms with Gasteiger partial charge in [0.15, 0.2) is 0 Å². The molecule has 2 nitrogen and oxygen atoms in total. The van der Waals surface area contributed by atoms with Crippen LogP contribution in [0.5, 0.6) is 5.75 Å². The van der Waals surface area contributed by atoms with Crippen molar-refractivity contribution in [3.05, 3.63) is 40.4 Å². The van der Waals surface area contributed by atoms with E-state index in [4.69, 9.17) is 28.9 Å². The molecule has 0 fully saturated rings. The highest BCUT2D eigenvalue weighted by atomic mass is 35.5. The molecule has 0 aliphatic carbocycles. The molecule has 1 rings (SSSR count). The lowest BCUT2D eigenvalue weighted by atomic mass is 10.1. The molecule has 0 bridgehead atoms. The zero-order valence-corrected chi connectivity index (χ0v) is 9.53. The van der Waals surface area contributed by atoms with Crippen LogP contribution >= 0.6 is 35.6 Å². The van der Waals surface area contributed by atoms with Crippen molar-refractivity contribution in [2.24, 2.45) is 5.73 Å². The lowest BCUT2D eigenvalue weighted by Gasteiger charge is -2.11. The molecule has 0 spiro atoms. The van der Waals surface area contributed by atoms with Crippen molar-refractivity contribution in [2.45, 2.75) is 6.04 Å². The fourth-order valence-electron chi connectivity index (χ4n) is 1.02. The van der Waals surface area contributed by atoms with Gasteiger partial charge >= 0.3 is 0 Å². The predicted molar refractivity (Wildman–Crippen MR) is 62.5 cm³/mol. The molecule has 5 heteroatoms. The van der Waals surface area contributed by atoms with Crippen LogP contribution in [0, 0.1) is 0 Å². The van der Waals surface area contributed by atoms with Crippen LogP contribution in [-0.2, 0) is 0 Å². The second-order valence-corrected chi connectivity index (χ2v) is 3.43. The number of phenols is 1. The van der Waals surface area contributed by atoms with Crippen LogP contribution in [0.15, 0.2) is 24.8 Å². The smallest absolute Gasteiger partial charge is 0.123 e. The molecule has 14 heavy (non-hydrogen) atoms. The van der Waals surface area contributed by atoms with E-state index in [0.717, 1.165) is 0 Å². The van der Waals surface area contributed by atoms with E-state index in [-0.39, 0.29) is 18.2 Å². The van der Waals surface area contributed by atoms with Gasteiger partial charge in [0, 0.05) is 10.6 Å². The molecular formula is C9H10Cl3NO. The van der Waals surface area contributed by atoms with Crippen LogP contribution in [0.2, 0.25) is 10.0 Å². The minimum absolute atomic E-state index is 0. The van der Waals surface area contributed by atoms with E-state index >= 15 is 0 Å². The second-order valence-electron chi connectivity index (χ2n) is 2.58. The minimum Gasteiger partial charge on any atom is -0.507 e. The lowest BCUT2D eigenvalue weighted by Crippen LogP contribution is -2.07. The first-order valence-corrected chi connectivity index (χ1v) is 4.38. The Bertz CT molecular complexity index is 318. The quantitative estimate of drug-likeness (QED) is 0.796. The summed E-state index contributed by atoms with van der Waals surface area (Å²) in [5.41, 5.74) is 6.09. The SMILES string of the molecule is C=C[C@H](N)c1c(O)cc(Cl)cc1Cl.Cl. The van der Waals surface area contributed by atoms with Gasteiger partial charge in [-0.2, -0.15) is 0 Å². The maximum absolute atomic E-state index is 9.48. The van der Waals surface area contributed by atoms with Crippen LogP contribution in [-0.4, -0.2) is 5.11 Å². The number of phenolic OH excluding ortho intramolecular Hbond substituents is 1. The van der Waals surface area contributed by atoms with Gasteiger partial charge in [-0.05, 0) is 12.1 Å². The number of halogens is 3. The molecule has 1 atom stereocenters. The van der Waals surface area contributed by atoms with E-state index in [0.29, 0.717) is 15.6 Å². The number of hydrogen-bond acceptors (Lipinski definition) is 2. The molecule has 0 aromatic heterocycles. The summed E-state index contributed by atoms with van der Waals surface area (Å²) in [5.74, 6) is -0.00935. The zero-order chi connectivity index (χ0) is 10.0. The standard InChI is InChI=1S/C9H9Cl2NO.ClH/c1-2-7(12)9-6(11)3-5(10)4-8(9)13;/h2-4,7,13H,1,12H2;1H/t7-;/m0./s1. The molecule has 0 aliphatic heterocycles. The third-order valence-electron chi connectivity index (χ3n) is 1.66. The van der Waals surface area contributed by atoms with Gasteiger partial charge in [0.2, 0.25) is 0 Å². The van der Waals surface area contributed by atoms with Crippen molar-refractivity contribution in [2.75, 3.05) is 0 Å². The summed E-state index contributed by atoms with van der Waals surface area (Å²) < 4.78 is 0. The van der Waals surface area contributed by atoms with Gasteiger partial charge in [0.1, 0.15) is 5.75 Å². The van der Waals surface area contributed by atoms with Crippen molar-refractivity contribution in [3.63, 3.8) is 0 Å². The maximum Gasteiger partial charge on any atom is 0.123 e. The molecule has 0 saturated heterocycles. The van der Waals surface area contributed by atoms with Gasteiger partial charge in [-0.15, -0.1) is 19.0 Å². The molecule has 0 unspecified atom stereocenters. The number of rotatable bonds is 2. The minimum atomic E-state index is -0.482. The average Bonchev–Trinajstić information content (AvgIpc) is 2.02. The molecule has 0 saturated carbocycles. The Balaban J connectivity index is 0.00000169. The number of nitrogens with two attached hydrogens (primary N) is 1. The van der Waals surface area contributed by atoms with E-state index in [1.807, 2.05) is 0 Å². The average molecular weight is 255 g/mol. The molecular weight excluding hydrogens is 244 g/mol. The number of hydrogen-bond donors (Lipinski definition) is 2. The molecule has 78 valence electrons. The van der Waals surface area contributed by atoms with Crippen LogP contribution in [0.4, 0.5) is 0 Å². The fourth-order valence-corrected chi connectivity index (χ4v) is 1.63. The van der Waals surface area contributed by atoms with Crippen LogP contribution in [0.3, 0.4) is 0 Å². The fraction of sp³-hybridized carbons (Fsp3) is 0.111. The van der Waals surface area contributed by atoms with Crippen LogP contribution < -0.4 is 5.73 Å². The lowest BCUT2D eigenvalue weighted by molar-refractivity contribution is 0.466. The Morgan fingerprint density at radius 3 is 2.43 bits per heavy atom. The largest absolute Gasteiger partial charge is 0.507 e. The highest BCUT2D eigenvalue weighted by Crippen LogP contribution is 2.33. The summed E-state index contributed by atoms with van der Waals surface area (Å²) in [4.78, 5) is 0. The maximum atomic E-state index is 9.48. The van der Waals surface area contributed by atoms with E-state index < -0.39 is 6.04 Å². The van der Waals surface area contributed by atoms with Gasteiger partial charge in [-0.1, -0.05) is 29.3 Å². The summed E-state index contributed by atoms with van der Waals surface area (Å²) >= 11 is 11.5.